The number of nitrogens with zero attached hydrogens (tertiary/aromatic N) is 5. The average molecular weight is 568 g/mol. The molecule has 3 aromatic rings. The highest BCUT2D eigenvalue weighted by Crippen LogP contribution is 2.34. The van der Waals surface area contributed by atoms with Gasteiger partial charge < -0.3 is 24.2 Å². The van der Waals surface area contributed by atoms with E-state index in [1.54, 1.807) is 26.6 Å². The topological polar surface area (TPSA) is 88.1 Å². The van der Waals surface area contributed by atoms with Crippen molar-refractivity contribution in [2.45, 2.75) is 24.8 Å². The fourth-order valence-electron chi connectivity index (χ4n) is 5.37. The molecule has 0 spiro atoms. The van der Waals surface area contributed by atoms with Crippen molar-refractivity contribution in [1.82, 2.24) is 19.8 Å². The maximum atomic E-state index is 13.7. The van der Waals surface area contributed by atoms with Crippen LogP contribution in [0.4, 0.5) is 15.1 Å². The number of piperidine rings is 1. The van der Waals surface area contributed by atoms with E-state index in [2.05, 4.69) is 14.9 Å². The maximum absolute atomic E-state index is 13.7. The molecule has 2 aromatic carbocycles. The summed E-state index contributed by atoms with van der Waals surface area (Å²) in [5.74, 6) is 0.881. The third-order valence-corrected chi connectivity index (χ3v) is 7.93. The van der Waals surface area contributed by atoms with Crippen LogP contribution in [-0.4, -0.2) is 78.1 Å². The Hall–Kier alpha value is -3.92. The number of benzene rings is 2. The zero-order valence-corrected chi connectivity index (χ0v) is 23.1. The van der Waals surface area contributed by atoms with E-state index in [-0.39, 0.29) is 29.5 Å². The van der Waals surface area contributed by atoms with Crippen molar-refractivity contribution in [1.29, 1.82) is 0 Å². The van der Waals surface area contributed by atoms with E-state index < -0.39 is 11.9 Å². The first kappa shape index (κ1) is 27.6. The lowest BCUT2D eigenvalue weighted by Gasteiger charge is -2.33. The van der Waals surface area contributed by atoms with Gasteiger partial charge in [-0.05, 0) is 54.8 Å². The zero-order chi connectivity index (χ0) is 28.2. The summed E-state index contributed by atoms with van der Waals surface area (Å²) >= 11 is 6.13. The number of amides is 2. The predicted molar refractivity (Wildman–Crippen MR) is 148 cm³/mol. The Balaban J connectivity index is 1.27. The van der Waals surface area contributed by atoms with Crippen LogP contribution in [0.15, 0.2) is 60.9 Å². The van der Waals surface area contributed by atoms with Crippen molar-refractivity contribution in [3.63, 3.8) is 0 Å². The van der Waals surface area contributed by atoms with Crippen molar-refractivity contribution in [3.8, 4) is 11.5 Å². The van der Waals surface area contributed by atoms with Gasteiger partial charge in [-0.15, -0.1) is 0 Å². The molecule has 210 valence electrons. The minimum absolute atomic E-state index is 0.0806. The van der Waals surface area contributed by atoms with Gasteiger partial charge in [0, 0.05) is 50.1 Å². The summed E-state index contributed by atoms with van der Waals surface area (Å²) in [7, 11) is 3.24. The van der Waals surface area contributed by atoms with Gasteiger partial charge in [0.25, 0.3) is 0 Å². The van der Waals surface area contributed by atoms with E-state index >= 15 is 0 Å². The molecule has 2 amide bonds. The maximum Gasteiger partial charge on any atom is 0.415 e. The number of carbonyl (C=O) groups excluding carboxylic acids is 2. The van der Waals surface area contributed by atoms with Crippen molar-refractivity contribution in [2.24, 2.45) is 5.92 Å². The molecule has 0 N–H and O–H groups in total. The van der Waals surface area contributed by atoms with Gasteiger partial charge >= 0.3 is 6.09 Å². The molecule has 9 nitrogen and oxygen atoms in total. The second-order valence-electron chi connectivity index (χ2n) is 10.1. The fraction of sp³-hybridized carbons (Fsp3) is 0.379. The molecule has 2 atom stereocenters. The quantitative estimate of drug-likeness (QED) is 0.429. The molecule has 2 aliphatic heterocycles. The van der Waals surface area contributed by atoms with Crippen molar-refractivity contribution in [2.75, 3.05) is 45.2 Å². The Labute approximate surface area is 237 Å². The molecule has 11 heteroatoms. The Morgan fingerprint density at radius 2 is 1.62 bits per heavy atom. The molecular weight excluding hydrogens is 537 g/mol. The second kappa shape index (κ2) is 12.1. The molecular formula is C29H31ClFN5O4. The lowest BCUT2D eigenvalue weighted by molar-refractivity contribution is -0.135. The number of hydrogen-bond acceptors (Lipinski definition) is 7. The van der Waals surface area contributed by atoms with Gasteiger partial charge in [-0.2, -0.15) is 0 Å². The summed E-state index contributed by atoms with van der Waals surface area (Å²) in [4.78, 5) is 40.9. The Morgan fingerprint density at radius 1 is 0.975 bits per heavy atom. The molecule has 2 aliphatic rings. The van der Waals surface area contributed by atoms with Crippen LogP contribution in [0.2, 0.25) is 5.02 Å². The SMILES string of the molecule is COc1cnc(N2CCC(C(=O)N3C[C@@H](N(C)C(=O)Oc4ccc(F)cc4)[C@H](c4ccc(Cl)cc4)C3)CC2)nc1. The van der Waals surface area contributed by atoms with Gasteiger partial charge in [-0.3, -0.25) is 4.79 Å². The predicted octanol–water partition coefficient (Wildman–Crippen LogP) is 4.62. The van der Waals surface area contributed by atoms with E-state index in [1.807, 2.05) is 29.2 Å². The molecule has 3 heterocycles. The van der Waals surface area contributed by atoms with Gasteiger partial charge in [-0.25, -0.2) is 19.2 Å². The molecule has 0 unspecified atom stereocenters. The molecule has 0 radical (unpaired) electrons. The lowest BCUT2D eigenvalue weighted by Crippen LogP contribution is -2.45. The number of anilines is 1. The third kappa shape index (κ3) is 6.12. The van der Waals surface area contributed by atoms with E-state index in [0.29, 0.717) is 55.7 Å². The highest BCUT2D eigenvalue weighted by atomic mass is 35.5. The minimum atomic E-state index is -0.572. The minimum Gasteiger partial charge on any atom is -0.494 e. The van der Waals surface area contributed by atoms with E-state index in [1.165, 1.54) is 29.2 Å². The van der Waals surface area contributed by atoms with Gasteiger partial charge in [0.1, 0.15) is 11.6 Å². The number of carbonyl (C=O) groups is 2. The van der Waals surface area contributed by atoms with Crippen molar-refractivity contribution in [3.05, 3.63) is 77.3 Å². The van der Waals surface area contributed by atoms with Gasteiger partial charge in [-0.1, -0.05) is 23.7 Å². The van der Waals surface area contributed by atoms with Crippen LogP contribution in [0.5, 0.6) is 11.5 Å². The Morgan fingerprint density at radius 3 is 2.25 bits per heavy atom. The molecule has 1 aromatic heterocycles. The van der Waals surface area contributed by atoms with Crippen molar-refractivity contribution < 1.29 is 23.5 Å². The summed E-state index contributed by atoms with van der Waals surface area (Å²) in [6, 6.07) is 12.5. The van der Waals surface area contributed by atoms with Crippen LogP contribution in [0.1, 0.15) is 24.3 Å². The smallest absolute Gasteiger partial charge is 0.415 e. The molecule has 0 bridgehead atoms. The third-order valence-electron chi connectivity index (χ3n) is 7.68. The van der Waals surface area contributed by atoms with Gasteiger partial charge in [0.05, 0.1) is 25.5 Å². The number of aromatic nitrogens is 2. The van der Waals surface area contributed by atoms with Crippen molar-refractivity contribution >= 4 is 29.5 Å². The zero-order valence-electron chi connectivity index (χ0n) is 22.4. The monoisotopic (exact) mass is 567 g/mol. The molecule has 2 saturated heterocycles. The Bertz CT molecular complexity index is 1320. The van der Waals surface area contributed by atoms with Crippen LogP contribution in [0.3, 0.4) is 0 Å². The summed E-state index contributed by atoms with van der Waals surface area (Å²) in [6.45, 7) is 2.19. The number of methoxy groups -OCH3 is 1. The largest absolute Gasteiger partial charge is 0.494 e. The molecule has 5 rings (SSSR count). The van der Waals surface area contributed by atoms with Gasteiger partial charge in [0.2, 0.25) is 11.9 Å². The highest BCUT2D eigenvalue weighted by Gasteiger charge is 2.42. The normalized spacial score (nSPS) is 19.4. The lowest BCUT2D eigenvalue weighted by atomic mass is 9.93. The standard InChI is InChI=1S/C29H31ClFN5O4/c1-34(29(38)40-23-9-7-22(31)8-10-23)26-18-36(17-25(26)19-3-5-21(30)6-4-19)27(37)20-11-13-35(14-12-20)28-32-15-24(39-2)16-33-28/h3-10,15-16,20,25-26H,11-14,17-18H2,1-2H3/t25-,26+/m0/s1. The summed E-state index contributed by atoms with van der Waals surface area (Å²) in [5, 5.41) is 0.614. The number of rotatable bonds is 6. The van der Waals surface area contributed by atoms with Crippen LogP contribution in [-0.2, 0) is 4.79 Å². The molecule has 40 heavy (non-hydrogen) atoms. The first-order valence-electron chi connectivity index (χ1n) is 13.2. The summed E-state index contributed by atoms with van der Waals surface area (Å²) < 4.78 is 23.9. The van der Waals surface area contributed by atoms with Crippen LogP contribution in [0.25, 0.3) is 0 Å². The van der Waals surface area contributed by atoms with Gasteiger partial charge in [0.15, 0.2) is 5.75 Å². The first-order valence-corrected chi connectivity index (χ1v) is 13.6. The van der Waals surface area contributed by atoms with Crippen LogP contribution >= 0.6 is 11.6 Å². The molecule has 0 saturated carbocycles. The molecule has 2 fully saturated rings. The molecule has 0 aliphatic carbocycles. The van der Waals surface area contributed by atoms with E-state index in [4.69, 9.17) is 21.1 Å². The summed E-state index contributed by atoms with van der Waals surface area (Å²) in [6.07, 6.45) is 4.07. The fourth-order valence-corrected chi connectivity index (χ4v) is 5.50. The van der Waals surface area contributed by atoms with E-state index in [0.717, 1.165) is 5.56 Å². The number of halogens is 2. The Kier molecular flexibility index (Phi) is 8.35. The van der Waals surface area contributed by atoms with Crippen LogP contribution < -0.4 is 14.4 Å². The average Bonchev–Trinajstić information content (AvgIpc) is 3.43. The second-order valence-corrected chi connectivity index (χ2v) is 10.5. The van der Waals surface area contributed by atoms with E-state index in [9.17, 15) is 14.0 Å². The first-order chi connectivity index (χ1) is 19.3. The summed E-state index contributed by atoms with van der Waals surface area (Å²) in [5.41, 5.74) is 0.984. The number of likely N-dealkylation sites (tertiary alicyclic amines) is 1. The number of ether oxygens (including phenoxy) is 2. The number of hydrogen-bond donors (Lipinski definition) is 0. The highest BCUT2D eigenvalue weighted by molar-refractivity contribution is 6.30. The number of likely N-dealkylation sites (N-methyl/N-ethyl adjacent to an activating group) is 1. The van der Waals surface area contributed by atoms with Crippen LogP contribution in [0, 0.1) is 11.7 Å².